The predicted octanol–water partition coefficient (Wildman–Crippen LogP) is 2.21. The Bertz CT molecular complexity index is 1250. The highest BCUT2D eigenvalue weighted by Gasteiger charge is 2.27. The average molecular weight is 483 g/mol. The molecule has 2 N–H and O–H groups in total. The van der Waals surface area contributed by atoms with E-state index >= 15 is 0 Å². The summed E-state index contributed by atoms with van der Waals surface area (Å²) in [6.45, 7) is 2.27. The van der Waals surface area contributed by atoms with E-state index in [-0.39, 0.29) is 47.3 Å². The van der Waals surface area contributed by atoms with Gasteiger partial charge in [-0.05, 0) is 55.7 Å². The SMILES string of the molecule is COC(=O)[C@H]1CC[C@H](CNC(=O)c2cc(C(=O)NCc3ccc(F)c(C)c3)nc3ncnn23)CC1. The van der Waals surface area contributed by atoms with Crippen molar-refractivity contribution in [2.45, 2.75) is 39.2 Å². The molecule has 0 bridgehead atoms. The fraction of sp³-hybridized carbons (Fsp3) is 0.417. The zero-order valence-electron chi connectivity index (χ0n) is 19.6. The van der Waals surface area contributed by atoms with E-state index in [1.165, 1.54) is 30.1 Å². The molecular weight excluding hydrogens is 455 g/mol. The summed E-state index contributed by atoms with van der Waals surface area (Å²) >= 11 is 0. The Kier molecular flexibility index (Phi) is 7.33. The summed E-state index contributed by atoms with van der Waals surface area (Å²) in [7, 11) is 1.40. The molecule has 1 aliphatic carbocycles. The Morgan fingerprint density at radius 3 is 2.60 bits per heavy atom. The molecule has 0 atom stereocenters. The lowest BCUT2D eigenvalue weighted by molar-refractivity contribution is -0.146. The van der Waals surface area contributed by atoms with Gasteiger partial charge in [0.25, 0.3) is 17.6 Å². The summed E-state index contributed by atoms with van der Waals surface area (Å²) < 4.78 is 19.6. The van der Waals surface area contributed by atoms with Crippen LogP contribution in [0, 0.1) is 24.6 Å². The van der Waals surface area contributed by atoms with Crippen molar-refractivity contribution >= 4 is 23.6 Å². The minimum Gasteiger partial charge on any atom is -0.469 e. The molecule has 1 fully saturated rings. The van der Waals surface area contributed by atoms with Crippen molar-refractivity contribution < 1.29 is 23.5 Å². The summed E-state index contributed by atoms with van der Waals surface area (Å²) in [5, 5.41) is 9.69. The van der Waals surface area contributed by atoms with Crippen LogP contribution in [0.4, 0.5) is 4.39 Å². The van der Waals surface area contributed by atoms with E-state index in [4.69, 9.17) is 4.74 Å². The van der Waals surface area contributed by atoms with Gasteiger partial charge in [-0.1, -0.05) is 12.1 Å². The third-order valence-electron chi connectivity index (χ3n) is 6.33. The summed E-state index contributed by atoms with van der Waals surface area (Å²) in [6, 6.07) is 5.97. The molecule has 10 nitrogen and oxygen atoms in total. The number of hydrogen-bond donors (Lipinski definition) is 2. The number of ether oxygens (including phenoxy) is 1. The van der Waals surface area contributed by atoms with E-state index in [1.54, 1.807) is 19.1 Å². The van der Waals surface area contributed by atoms with E-state index in [9.17, 15) is 18.8 Å². The number of methoxy groups -OCH3 is 1. The van der Waals surface area contributed by atoms with Crippen LogP contribution in [-0.2, 0) is 16.1 Å². The van der Waals surface area contributed by atoms with E-state index < -0.39 is 11.8 Å². The highest BCUT2D eigenvalue weighted by atomic mass is 19.1. The fourth-order valence-electron chi connectivity index (χ4n) is 4.28. The topological polar surface area (TPSA) is 128 Å². The number of benzene rings is 1. The van der Waals surface area contributed by atoms with E-state index in [0.29, 0.717) is 12.1 Å². The Hall–Kier alpha value is -3.89. The van der Waals surface area contributed by atoms with Crippen LogP contribution < -0.4 is 10.6 Å². The maximum absolute atomic E-state index is 13.5. The maximum atomic E-state index is 13.5. The molecule has 0 radical (unpaired) electrons. The minimum atomic E-state index is -0.493. The number of amides is 2. The first kappa shape index (κ1) is 24.2. The average Bonchev–Trinajstić information content (AvgIpc) is 3.36. The highest BCUT2D eigenvalue weighted by molar-refractivity contribution is 5.98. The van der Waals surface area contributed by atoms with Gasteiger partial charge in [0, 0.05) is 19.2 Å². The second kappa shape index (κ2) is 10.6. The molecule has 1 aliphatic rings. The molecule has 3 aromatic rings. The summed E-state index contributed by atoms with van der Waals surface area (Å²) in [6.07, 6.45) is 4.34. The van der Waals surface area contributed by atoms with Gasteiger partial charge in [0.2, 0.25) is 0 Å². The van der Waals surface area contributed by atoms with Crippen molar-refractivity contribution in [1.29, 1.82) is 0 Å². The first-order chi connectivity index (χ1) is 16.9. The number of carbonyl (C=O) groups is 3. The molecule has 0 spiro atoms. The number of halogens is 1. The van der Waals surface area contributed by atoms with Gasteiger partial charge >= 0.3 is 5.97 Å². The number of aromatic nitrogens is 4. The van der Waals surface area contributed by atoms with Crippen molar-refractivity contribution in [3.63, 3.8) is 0 Å². The molecule has 2 heterocycles. The lowest BCUT2D eigenvalue weighted by atomic mass is 9.82. The first-order valence-electron chi connectivity index (χ1n) is 11.5. The normalized spacial score (nSPS) is 17.7. The third kappa shape index (κ3) is 5.61. The molecule has 1 saturated carbocycles. The monoisotopic (exact) mass is 482 g/mol. The second-order valence-electron chi connectivity index (χ2n) is 8.72. The Morgan fingerprint density at radius 1 is 1.11 bits per heavy atom. The molecule has 1 aromatic carbocycles. The standard InChI is InChI=1S/C24H27FN6O4/c1-14-9-16(5-8-18(14)25)12-26-21(32)19-10-20(31-24(30-19)28-13-29-31)22(33)27-11-15-3-6-17(7-4-15)23(34)35-2/h5,8-10,13,15,17H,3-4,6-7,11-12H2,1-2H3,(H,26,32)(H,27,33)/t15-,17-. The number of nitrogens with zero attached hydrogens (tertiary/aromatic N) is 4. The molecule has 2 amide bonds. The molecule has 2 aromatic heterocycles. The van der Waals surface area contributed by atoms with Crippen LogP contribution >= 0.6 is 0 Å². The van der Waals surface area contributed by atoms with Crippen molar-refractivity contribution in [3.05, 3.63) is 58.9 Å². The third-order valence-corrected chi connectivity index (χ3v) is 6.33. The Morgan fingerprint density at radius 2 is 1.89 bits per heavy atom. The second-order valence-corrected chi connectivity index (χ2v) is 8.72. The number of nitrogens with one attached hydrogen (secondary N) is 2. The smallest absolute Gasteiger partial charge is 0.308 e. The highest BCUT2D eigenvalue weighted by Crippen LogP contribution is 2.29. The van der Waals surface area contributed by atoms with E-state index in [0.717, 1.165) is 31.2 Å². The van der Waals surface area contributed by atoms with Crippen molar-refractivity contribution in [2.75, 3.05) is 13.7 Å². The van der Waals surface area contributed by atoms with E-state index in [2.05, 4.69) is 25.7 Å². The number of rotatable bonds is 7. The van der Waals surface area contributed by atoms with Gasteiger partial charge in [-0.15, -0.1) is 0 Å². The van der Waals surface area contributed by atoms with Gasteiger partial charge in [0.15, 0.2) is 0 Å². The zero-order chi connectivity index (χ0) is 24.9. The largest absolute Gasteiger partial charge is 0.469 e. The molecular formula is C24H27FN6O4. The number of fused-ring (bicyclic) bond motifs is 1. The molecule has 35 heavy (non-hydrogen) atoms. The van der Waals surface area contributed by atoms with Crippen LogP contribution in [0.3, 0.4) is 0 Å². The van der Waals surface area contributed by atoms with Crippen LogP contribution in [0.2, 0.25) is 0 Å². The first-order valence-corrected chi connectivity index (χ1v) is 11.5. The number of aryl methyl sites for hydroxylation is 1. The Balaban J connectivity index is 1.41. The van der Waals surface area contributed by atoms with Gasteiger partial charge in [0.05, 0.1) is 13.0 Å². The van der Waals surface area contributed by atoms with Crippen LogP contribution in [0.25, 0.3) is 5.78 Å². The predicted molar refractivity (Wildman–Crippen MR) is 123 cm³/mol. The molecule has 0 saturated heterocycles. The van der Waals surface area contributed by atoms with E-state index in [1.807, 2.05) is 0 Å². The van der Waals surface area contributed by atoms with Gasteiger partial charge in [-0.3, -0.25) is 14.4 Å². The molecule has 11 heteroatoms. The summed E-state index contributed by atoms with van der Waals surface area (Å²) in [4.78, 5) is 45.7. The maximum Gasteiger partial charge on any atom is 0.308 e. The molecule has 0 aliphatic heterocycles. The van der Waals surface area contributed by atoms with Gasteiger partial charge in [0.1, 0.15) is 23.5 Å². The van der Waals surface area contributed by atoms with Crippen molar-refractivity contribution in [3.8, 4) is 0 Å². The minimum absolute atomic E-state index is 0.0214. The van der Waals surface area contributed by atoms with Gasteiger partial charge in [-0.2, -0.15) is 14.6 Å². The lowest BCUT2D eigenvalue weighted by Crippen LogP contribution is -2.34. The van der Waals surface area contributed by atoms with Crippen LogP contribution in [0.1, 0.15) is 57.8 Å². The lowest BCUT2D eigenvalue weighted by Gasteiger charge is -2.26. The van der Waals surface area contributed by atoms with Gasteiger partial charge in [-0.25, -0.2) is 9.37 Å². The van der Waals surface area contributed by atoms with Crippen LogP contribution in [0.5, 0.6) is 0 Å². The van der Waals surface area contributed by atoms with Gasteiger partial charge < -0.3 is 15.4 Å². The zero-order valence-corrected chi connectivity index (χ0v) is 19.6. The summed E-state index contributed by atoms with van der Waals surface area (Å²) in [5.74, 6) is -1.10. The fourth-order valence-corrected chi connectivity index (χ4v) is 4.28. The summed E-state index contributed by atoms with van der Waals surface area (Å²) in [5.41, 5.74) is 1.38. The number of esters is 1. The molecule has 184 valence electrons. The Labute approximate surface area is 201 Å². The van der Waals surface area contributed by atoms with Crippen LogP contribution in [0.15, 0.2) is 30.6 Å². The quantitative estimate of drug-likeness (QED) is 0.494. The number of carbonyl (C=O) groups excluding carboxylic acids is 3. The van der Waals surface area contributed by atoms with Crippen LogP contribution in [-0.4, -0.2) is 51.0 Å². The number of hydrogen-bond acceptors (Lipinski definition) is 7. The van der Waals surface area contributed by atoms with Crippen molar-refractivity contribution in [1.82, 2.24) is 30.2 Å². The van der Waals surface area contributed by atoms with Crippen molar-refractivity contribution in [2.24, 2.45) is 11.8 Å². The molecule has 0 unspecified atom stereocenters. The molecule has 4 rings (SSSR count).